The lowest BCUT2D eigenvalue weighted by atomic mass is 9.80. The molecule has 4 aliphatic rings. The van der Waals surface area contributed by atoms with Gasteiger partial charge in [-0.15, -0.1) is 0 Å². The molecule has 0 bridgehead atoms. The molecular formula is C40H56Br2S2. The predicted molar refractivity (Wildman–Crippen MR) is 203 cm³/mol. The maximum Gasteiger partial charge on any atom is 0.0267 e. The van der Waals surface area contributed by atoms with E-state index in [4.69, 9.17) is 0 Å². The standard InChI is InChI=1S/C40H56Br2S2/c1-33(2)17-37(9,10)25-21(33)29(41)22-26(38(11,12)18-34(22,3)4)31(25)43-44-32-27-23(35(5,6)19-39(27,13)14)30(42)24-28(32)40(15,16)20-36(24,7)8/h17-20H2,1-16H3. The molecule has 0 aliphatic heterocycles. The van der Waals surface area contributed by atoms with E-state index in [1.807, 2.05) is 0 Å². The molecule has 0 unspecified atom stereocenters. The monoisotopic (exact) mass is 758 g/mol. The molecule has 0 radical (unpaired) electrons. The van der Waals surface area contributed by atoms with E-state index in [2.05, 4.69) is 164 Å². The molecule has 0 saturated heterocycles. The summed E-state index contributed by atoms with van der Waals surface area (Å²) >= 11 is 8.58. The van der Waals surface area contributed by atoms with Crippen molar-refractivity contribution in [1.29, 1.82) is 0 Å². The molecule has 6 rings (SSSR count). The van der Waals surface area contributed by atoms with Gasteiger partial charge in [0, 0.05) is 18.7 Å². The van der Waals surface area contributed by atoms with E-state index < -0.39 is 0 Å². The number of rotatable bonds is 3. The molecule has 0 spiro atoms. The second kappa shape index (κ2) is 9.41. The topological polar surface area (TPSA) is 0 Å². The second-order valence-electron chi connectivity index (χ2n) is 20.2. The van der Waals surface area contributed by atoms with Gasteiger partial charge in [0.05, 0.1) is 0 Å². The Bertz CT molecular complexity index is 1400. The minimum atomic E-state index is 0.119. The first kappa shape index (κ1) is 34.0. The van der Waals surface area contributed by atoms with Crippen molar-refractivity contribution in [2.45, 2.75) is 190 Å². The van der Waals surface area contributed by atoms with Crippen LogP contribution < -0.4 is 0 Å². The maximum absolute atomic E-state index is 4.29. The van der Waals surface area contributed by atoms with Crippen molar-refractivity contribution in [3.05, 3.63) is 53.5 Å². The number of hydrogen-bond donors (Lipinski definition) is 0. The van der Waals surface area contributed by atoms with Gasteiger partial charge >= 0.3 is 0 Å². The highest BCUT2D eigenvalue weighted by atomic mass is 79.9. The fourth-order valence-electron chi connectivity index (χ4n) is 11.9. The van der Waals surface area contributed by atoms with Crippen molar-refractivity contribution in [2.75, 3.05) is 0 Å². The summed E-state index contributed by atoms with van der Waals surface area (Å²) in [5.41, 5.74) is 13.7. The van der Waals surface area contributed by atoms with E-state index in [-0.39, 0.29) is 43.3 Å². The Kier molecular flexibility index (Phi) is 7.27. The Labute approximate surface area is 294 Å². The van der Waals surface area contributed by atoms with Crippen molar-refractivity contribution < 1.29 is 0 Å². The second-order valence-corrected chi connectivity index (χ2v) is 24.0. The van der Waals surface area contributed by atoms with Crippen LogP contribution >= 0.6 is 53.4 Å². The lowest BCUT2D eigenvalue weighted by molar-refractivity contribution is 0.389. The van der Waals surface area contributed by atoms with Crippen molar-refractivity contribution >= 4 is 53.4 Å². The fraction of sp³-hybridized carbons (Fsp3) is 0.700. The van der Waals surface area contributed by atoms with Crippen LogP contribution in [0.3, 0.4) is 0 Å². The number of benzene rings is 2. The third kappa shape index (κ3) is 4.54. The Balaban J connectivity index is 1.67. The first-order chi connectivity index (χ1) is 19.6. The molecule has 0 fully saturated rings. The molecule has 44 heavy (non-hydrogen) atoms. The molecule has 0 N–H and O–H groups in total. The quantitative estimate of drug-likeness (QED) is 0.286. The van der Waals surface area contributed by atoms with Crippen LogP contribution in [0, 0.1) is 0 Å². The van der Waals surface area contributed by atoms with E-state index >= 15 is 0 Å². The number of halogens is 2. The Morgan fingerprint density at radius 2 is 0.477 bits per heavy atom. The van der Waals surface area contributed by atoms with Crippen LogP contribution in [0.1, 0.15) is 181 Å². The van der Waals surface area contributed by atoms with Crippen LogP contribution in [-0.2, 0) is 43.3 Å². The molecule has 0 heterocycles. The third-order valence-corrected chi connectivity index (χ3v) is 16.0. The zero-order valence-electron chi connectivity index (χ0n) is 30.4. The zero-order valence-corrected chi connectivity index (χ0v) is 35.2. The van der Waals surface area contributed by atoms with E-state index in [9.17, 15) is 0 Å². The molecule has 0 aromatic heterocycles. The molecule has 242 valence electrons. The fourth-order valence-corrected chi connectivity index (χ4v) is 18.3. The van der Waals surface area contributed by atoms with Gasteiger partial charge in [-0.05, 0) is 114 Å². The lowest BCUT2D eigenvalue weighted by Crippen LogP contribution is -2.21. The Hall–Kier alpha value is 0.1000. The van der Waals surface area contributed by atoms with Gasteiger partial charge in [-0.1, -0.05) is 164 Å². The Morgan fingerprint density at radius 3 is 0.659 bits per heavy atom. The van der Waals surface area contributed by atoms with Gasteiger partial charge in [-0.25, -0.2) is 0 Å². The maximum atomic E-state index is 4.29. The third-order valence-electron chi connectivity index (χ3n) is 11.9. The van der Waals surface area contributed by atoms with Crippen LogP contribution in [0.15, 0.2) is 18.7 Å². The van der Waals surface area contributed by atoms with Gasteiger partial charge in [-0.3, -0.25) is 0 Å². The Morgan fingerprint density at radius 1 is 0.318 bits per heavy atom. The average molecular weight is 761 g/mol. The lowest BCUT2D eigenvalue weighted by Gasteiger charge is -2.32. The summed E-state index contributed by atoms with van der Waals surface area (Å²) in [5, 5.41) is 0. The molecule has 0 amide bonds. The molecule has 2 aromatic rings. The van der Waals surface area contributed by atoms with E-state index in [1.54, 1.807) is 54.3 Å². The highest BCUT2D eigenvalue weighted by Gasteiger charge is 2.55. The molecule has 2 aromatic carbocycles. The van der Waals surface area contributed by atoms with Gasteiger partial charge in [0.15, 0.2) is 0 Å². The van der Waals surface area contributed by atoms with Gasteiger partial charge < -0.3 is 0 Å². The molecular weight excluding hydrogens is 704 g/mol. The summed E-state index contributed by atoms with van der Waals surface area (Å²) in [6, 6.07) is 0. The van der Waals surface area contributed by atoms with Gasteiger partial charge in [0.2, 0.25) is 0 Å². The molecule has 0 nitrogen and oxygen atoms in total. The van der Waals surface area contributed by atoms with E-state index in [1.165, 1.54) is 34.6 Å². The zero-order chi connectivity index (χ0) is 33.2. The van der Waals surface area contributed by atoms with Crippen LogP contribution in [0.5, 0.6) is 0 Å². The normalized spacial score (nSPS) is 26.3. The van der Waals surface area contributed by atoms with Crippen LogP contribution in [-0.4, -0.2) is 0 Å². The van der Waals surface area contributed by atoms with Crippen molar-refractivity contribution in [3.63, 3.8) is 0 Å². The predicted octanol–water partition coefficient (Wildman–Crippen LogP) is 13.8. The first-order valence-electron chi connectivity index (χ1n) is 16.8. The van der Waals surface area contributed by atoms with Crippen molar-refractivity contribution in [1.82, 2.24) is 0 Å². The summed E-state index contributed by atoms with van der Waals surface area (Å²) in [4.78, 5) is 3.15. The summed E-state index contributed by atoms with van der Waals surface area (Å²) < 4.78 is 2.80. The summed E-state index contributed by atoms with van der Waals surface area (Å²) in [6.45, 7) is 39.9. The highest BCUT2D eigenvalue weighted by Crippen LogP contribution is 2.68. The summed E-state index contributed by atoms with van der Waals surface area (Å²) in [6.07, 6.45) is 4.73. The molecule has 0 saturated carbocycles. The van der Waals surface area contributed by atoms with E-state index in [0.717, 1.165) is 0 Å². The summed E-state index contributed by atoms with van der Waals surface area (Å²) in [5.74, 6) is 0. The molecule has 4 aliphatic carbocycles. The minimum Gasteiger partial charge on any atom is -0.0557 e. The van der Waals surface area contributed by atoms with Crippen LogP contribution in [0.4, 0.5) is 0 Å². The highest BCUT2D eigenvalue weighted by molar-refractivity contribution is 9.11. The van der Waals surface area contributed by atoms with Gasteiger partial charge in [0.25, 0.3) is 0 Å². The van der Waals surface area contributed by atoms with Crippen molar-refractivity contribution in [3.8, 4) is 0 Å². The average Bonchev–Trinajstić information content (AvgIpc) is 3.28. The number of hydrogen-bond acceptors (Lipinski definition) is 2. The molecule has 0 atom stereocenters. The minimum absolute atomic E-state index is 0.119. The first-order valence-corrected chi connectivity index (χ1v) is 20.5. The molecule has 4 heteroatoms. The van der Waals surface area contributed by atoms with Gasteiger partial charge in [0.1, 0.15) is 0 Å². The van der Waals surface area contributed by atoms with Gasteiger partial charge in [-0.2, -0.15) is 0 Å². The summed E-state index contributed by atoms with van der Waals surface area (Å²) in [7, 11) is 4.24. The van der Waals surface area contributed by atoms with Crippen molar-refractivity contribution in [2.24, 2.45) is 0 Å². The van der Waals surface area contributed by atoms with Crippen LogP contribution in [0.25, 0.3) is 0 Å². The SMILES string of the molecule is CC1(C)CC(C)(C)c2c(SSc3c4c(c(Br)c5c3C(C)(C)CC5(C)C)C(C)(C)CC4(C)C)c3c(c(Br)c21)C(C)(C)CC3(C)C. The van der Waals surface area contributed by atoms with E-state index in [0.29, 0.717) is 0 Å². The number of fused-ring (bicyclic) bond motifs is 4. The van der Waals surface area contributed by atoms with Crippen LogP contribution in [0.2, 0.25) is 0 Å². The largest absolute Gasteiger partial charge is 0.0557 e. The smallest absolute Gasteiger partial charge is 0.0267 e.